The van der Waals surface area contributed by atoms with Crippen molar-refractivity contribution < 1.29 is 28.5 Å². The third kappa shape index (κ3) is 7.89. The molecule has 1 aliphatic rings. The van der Waals surface area contributed by atoms with Crippen LogP contribution < -0.4 is 35.6 Å². The molecule has 0 radical (unpaired) electrons. The van der Waals surface area contributed by atoms with Crippen molar-refractivity contribution in [2.75, 3.05) is 39.1 Å². The summed E-state index contributed by atoms with van der Waals surface area (Å²) in [6.45, 7) is 5.77. The summed E-state index contributed by atoms with van der Waals surface area (Å²) in [6.07, 6.45) is 1.56. The number of hydrogen-bond donors (Lipinski definition) is 4. The Morgan fingerprint density at radius 1 is 1.00 bits per heavy atom. The molecular formula is C37H44N6O7. The van der Waals surface area contributed by atoms with E-state index in [1.807, 2.05) is 38.1 Å². The standard InChI is InChI=1S/C37H44N6O7/c1-20(2)15-29(37(46)39-24-10-8-9-23(16-24)36-41-32(19-47-4)42-43-36)40-28-14-12-25-26(18-30(28)45)27(38-21(3)44)13-11-22-17-31(48-5)34(49-6)35(50-7)33(22)25/h8-10,12,14,16-18,20,27,29H,11,13,15,19H2,1-7H3,(H,38,44)(H,39,46)(H,40,45)(H,41,42,43). The van der Waals surface area contributed by atoms with E-state index in [0.29, 0.717) is 77.1 Å². The summed E-state index contributed by atoms with van der Waals surface area (Å²) in [4.78, 5) is 44.6. The molecule has 0 fully saturated rings. The first-order valence-electron chi connectivity index (χ1n) is 16.4. The number of aryl methyl sites for hydroxylation is 1. The maximum Gasteiger partial charge on any atom is 0.246 e. The number of fused-ring (bicyclic) bond motifs is 3. The number of hydrogen-bond acceptors (Lipinski definition) is 10. The highest BCUT2D eigenvalue weighted by atomic mass is 16.5. The van der Waals surface area contributed by atoms with Crippen LogP contribution in [0.3, 0.4) is 0 Å². The predicted octanol–water partition coefficient (Wildman–Crippen LogP) is 5.26. The number of aromatic amines is 1. The number of rotatable bonds is 13. The number of nitrogens with zero attached hydrogens (tertiary/aromatic N) is 2. The van der Waals surface area contributed by atoms with Crippen molar-refractivity contribution in [3.63, 3.8) is 0 Å². The average molecular weight is 685 g/mol. The minimum Gasteiger partial charge on any atom is -0.493 e. The normalized spacial score (nSPS) is 14.1. The first-order chi connectivity index (χ1) is 24.1. The summed E-state index contributed by atoms with van der Waals surface area (Å²) in [6, 6.07) is 13.0. The second-order valence-electron chi connectivity index (χ2n) is 12.5. The average Bonchev–Trinajstić information content (AvgIpc) is 3.44. The van der Waals surface area contributed by atoms with Crippen molar-refractivity contribution in [1.82, 2.24) is 20.5 Å². The van der Waals surface area contributed by atoms with Crippen molar-refractivity contribution in [1.29, 1.82) is 0 Å². The van der Waals surface area contributed by atoms with Crippen LogP contribution in [0.4, 0.5) is 11.4 Å². The monoisotopic (exact) mass is 684 g/mol. The molecule has 4 N–H and O–H groups in total. The number of nitrogens with one attached hydrogen (secondary N) is 4. The van der Waals surface area contributed by atoms with Gasteiger partial charge in [-0.15, -0.1) is 0 Å². The Kier molecular flexibility index (Phi) is 11.4. The highest BCUT2D eigenvalue weighted by molar-refractivity contribution is 5.97. The molecule has 0 spiro atoms. The van der Waals surface area contributed by atoms with Crippen LogP contribution in [0.2, 0.25) is 0 Å². The van der Waals surface area contributed by atoms with Crippen LogP contribution in [0.1, 0.15) is 56.6 Å². The summed E-state index contributed by atoms with van der Waals surface area (Å²) in [5.74, 6) is 2.05. The Balaban J connectivity index is 1.53. The lowest BCUT2D eigenvalue weighted by atomic mass is 9.95. The summed E-state index contributed by atoms with van der Waals surface area (Å²) in [5.41, 5.74) is 4.16. The van der Waals surface area contributed by atoms with Crippen LogP contribution >= 0.6 is 0 Å². The number of carbonyl (C=O) groups is 2. The molecule has 13 heteroatoms. The smallest absolute Gasteiger partial charge is 0.246 e. The molecule has 5 rings (SSSR count). The quantitative estimate of drug-likeness (QED) is 0.146. The molecular weight excluding hydrogens is 640 g/mol. The Bertz CT molecular complexity index is 1930. The van der Waals surface area contributed by atoms with Gasteiger partial charge in [-0.2, -0.15) is 5.10 Å². The summed E-state index contributed by atoms with van der Waals surface area (Å²) in [7, 11) is 6.23. The van der Waals surface area contributed by atoms with Gasteiger partial charge in [0.15, 0.2) is 23.1 Å². The molecule has 0 aliphatic heterocycles. The molecule has 2 amide bonds. The van der Waals surface area contributed by atoms with E-state index in [-0.39, 0.29) is 28.8 Å². The van der Waals surface area contributed by atoms with E-state index < -0.39 is 12.1 Å². The van der Waals surface area contributed by atoms with E-state index in [9.17, 15) is 14.4 Å². The van der Waals surface area contributed by atoms with E-state index >= 15 is 0 Å². The summed E-state index contributed by atoms with van der Waals surface area (Å²) in [5, 5.41) is 16.4. The van der Waals surface area contributed by atoms with Crippen LogP contribution in [0, 0.1) is 5.92 Å². The molecule has 2 atom stereocenters. The Hall–Kier alpha value is -5.43. The van der Waals surface area contributed by atoms with Crippen molar-refractivity contribution >= 4 is 23.2 Å². The van der Waals surface area contributed by atoms with E-state index in [4.69, 9.17) is 18.9 Å². The van der Waals surface area contributed by atoms with E-state index in [2.05, 4.69) is 31.1 Å². The Morgan fingerprint density at radius 3 is 2.46 bits per heavy atom. The number of methoxy groups -OCH3 is 4. The number of ether oxygens (including phenoxy) is 4. The fraction of sp³-hybridized carbons (Fsp3) is 0.378. The van der Waals surface area contributed by atoms with Crippen LogP contribution in [-0.4, -0.2) is 61.5 Å². The molecule has 1 aromatic heterocycles. The second kappa shape index (κ2) is 15.9. The SMILES string of the molecule is COCc1nc(-c2cccc(NC(=O)C(CC(C)C)Nc3ccc4c(cc3=O)C(NC(C)=O)CCc3cc(OC)c(OC)c(OC)c3-4)c2)n[nH]1. The highest BCUT2D eigenvalue weighted by Crippen LogP contribution is 2.50. The largest absolute Gasteiger partial charge is 0.493 e. The van der Waals surface area contributed by atoms with Crippen LogP contribution in [0.15, 0.2) is 53.3 Å². The topological polar surface area (TPSA) is 166 Å². The van der Waals surface area contributed by atoms with Crippen LogP contribution in [0.5, 0.6) is 17.2 Å². The number of H-pyrrole nitrogens is 1. The Morgan fingerprint density at radius 2 is 1.78 bits per heavy atom. The van der Waals surface area contributed by atoms with Crippen LogP contribution in [0.25, 0.3) is 22.5 Å². The fourth-order valence-electron chi connectivity index (χ4n) is 6.31. The molecule has 0 saturated carbocycles. The minimum absolute atomic E-state index is 0.129. The van der Waals surface area contributed by atoms with Gasteiger partial charge >= 0.3 is 0 Å². The first kappa shape index (κ1) is 35.9. The van der Waals surface area contributed by atoms with E-state index in [0.717, 1.165) is 11.1 Å². The predicted molar refractivity (Wildman–Crippen MR) is 191 cm³/mol. The number of anilines is 2. The molecule has 13 nitrogen and oxygen atoms in total. The first-order valence-corrected chi connectivity index (χ1v) is 16.4. The number of benzene rings is 2. The maximum atomic E-state index is 14.0. The molecule has 50 heavy (non-hydrogen) atoms. The molecule has 0 saturated heterocycles. The minimum atomic E-state index is -0.748. The van der Waals surface area contributed by atoms with Gasteiger partial charge in [0.05, 0.1) is 33.1 Å². The van der Waals surface area contributed by atoms with Gasteiger partial charge in [0.2, 0.25) is 23.0 Å². The lowest BCUT2D eigenvalue weighted by Gasteiger charge is -2.21. The number of carbonyl (C=O) groups excluding carboxylic acids is 2. The van der Waals surface area contributed by atoms with Gasteiger partial charge in [-0.1, -0.05) is 32.0 Å². The summed E-state index contributed by atoms with van der Waals surface area (Å²) >= 11 is 0. The molecule has 0 bridgehead atoms. The molecule has 1 heterocycles. The molecule has 1 aliphatic carbocycles. The Labute approximate surface area is 291 Å². The van der Waals surface area contributed by atoms with E-state index in [1.54, 1.807) is 39.5 Å². The van der Waals surface area contributed by atoms with Gasteiger partial charge in [0.25, 0.3) is 0 Å². The molecule has 2 unspecified atom stereocenters. The van der Waals surface area contributed by atoms with Gasteiger partial charge in [0.1, 0.15) is 12.6 Å². The second-order valence-corrected chi connectivity index (χ2v) is 12.5. The zero-order chi connectivity index (χ0) is 35.9. The third-order valence-corrected chi connectivity index (χ3v) is 8.47. The zero-order valence-electron chi connectivity index (χ0n) is 29.4. The molecule has 264 valence electrons. The summed E-state index contributed by atoms with van der Waals surface area (Å²) < 4.78 is 22.3. The molecule has 3 aromatic carbocycles. The fourth-order valence-corrected chi connectivity index (χ4v) is 6.31. The van der Waals surface area contributed by atoms with Gasteiger partial charge in [-0.05, 0) is 72.2 Å². The lowest BCUT2D eigenvalue weighted by Crippen LogP contribution is -2.37. The van der Waals surface area contributed by atoms with E-state index in [1.165, 1.54) is 20.1 Å². The van der Waals surface area contributed by atoms with Crippen molar-refractivity contribution in [3.8, 4) is 39.8 Å². The zero-order valence-corrected chi connectivity index (χ0v) is 29.4. The lowest BCUT2D eigenvalue weighted by molar-refractivity contribution is -0.120. The van der Waals surface area contributed by atoms with Gasteiger partial charge in [0, 0.05) is 30.8 Å². The number of amides is 2. The van der Waals surface area contributed by atoms with Crippen molar-refractivity contribution in [3.05, 3.63) is 75.7 Å². The number of aromatic nitrogens is 3. The van der Waals surface area contributed by atoms with Crippen LogP contribution in [-0.2, 0) is 27.4 Å². The maximum absolute atomic E-state index is 14.0. The van der Waals surface area contributed by atoms with Gasteiger partial charge < -0.3 is 34.9 Å². The molecule has 4 aromatic rings. The van der Waals surface area contributed by atoms with Crippen molar-refractivity contribution in [2.45, 2.75) is 58.7 Å². The van der Waals surface area contributed by atoms with Gasteiger partial charge in [-0.3, -0.25) is 19.5 Å². The van der Waals surface area contributed by atoms with Gasteiger partial charge in [-0.25, -0.2) is 4.98 Å². The van der Waals surface area contributed by atoms with Crippen molar-refractivity contribution in [2.24, 2.45) is 5.92 Å². The highest BCUT2D eigenvalue weighted by Gasteiger charge is 2.30. The third-order valence-electron chi connectivity index (χ3n) is 8.47.